The van der Waals surface area contributed by atoms with Crippen molar-refractivity contribution in [2.75, 3.05) is 11.9 Å². The molecule has 0 atom stereocenters. The van der Waals surface area contributed by atoms with E-state index >= 15 is 0 Å². The van der Waals surface area contributed by atoms with Crippen molar-refractivity contribution in [3.8, 4) is 0 Å². The van der Waals surface area contributed by atoms with Crippen LogP contribution in [0.4, 0.5) is 5.69 Å². The van der Waals surface area contributed by atoms with E-state index in [2.05, 4.69) is 10.3 Å². The van der Waals surface area contributed by atoms with Gasteiger partial charge in [-0.1, -0.05) is 23.2 Å². The summed E-state index contributed by atoms with van der Waals surface area (Å²) >= 11 is 12.4. The standard InChI is InChI=1S/C22H19Cl2N3O4/c23-13-2-4-17-15(10-13)14-7-8-27(11-19(14)25-17)22(31)12-1-3-18(16(24)9-12)26-20(28)5-6-21(29)30/h1-4,9-10,25H,5-8,11H2,(H,26,28)(H,29,30). The molecule has 1 aliphatic heterocycles. The van der Waals surface area contributed by atoms with Crippen molar-refractivity contribution in [2.45, 2.75) is 25.8 Å². The largest absolute Gasteiger partial charge is 0.481 e. The highest BCUT2D eigenvalue weighted by atomic mass is 35.5. The average molecular weight is 460 g/mol. The Morgan fingerprint density at radius 2 is 1.90 bits per heavy atom. The molecular weight excluding hydrogens is 441 g/mol. The normalized spacial score (nSPS) is 13.2. The van der Waals surface area contributed by atoms with Gasteiger partial charge >= 0.3 is 5.97 Å². The topological polar surface area (TPSA) is 102 Å². The van der Waals surface area contributed by atoms with Gasteiger partial charge in [0.05, 0.1) is 23.7 Å². The molecule has 2 aromatic carbocycles. The van der Waals surface area contributed by atoms with Gasteiger partial charge in [0, 0.05) is 40.1 Å². The van der Waals surface area contributed by atoms with Gasteiger partial charge in [0.25, 0.3) is 5.91 Å². The Balaban J connectivity index is 1.47. The number of aromatic amines is 1. The summed E-state index contributed by atoms with van der Waals surface area (Å²) in [4.78, 5) is 40.5. The first-order valence-corrected chi connectivity index (χ1v) is 10.5. The third-order valence-corrected chi connectivity index (χ3v) is 5.83. The minimum Gasteiger partial charge on any atom is -0.481 e. The van der Waals surface area contributed by atoms with Gasteiger partial charge in [-0.05, 0) is 48.4 Å². The number of rotatable bonds is 5. The van der Waals surface area contributed by atoms with Crippen LogP contribution in [0.5, 0.6) is 0 Å². The lowest BCUT2D eigenvalue weighted by Gasteiger charge is -2.27. The zero-order chi connectivity index (χ0) is 22.1. The molecule has 2 amide bonds. The van der Waals surface area contributed by atoms with Gasteiger partial charge in [-0.25, -0.2) is 0 Å². The van der Waals surface area contributed by atoms with E-state index in [9.17, 15) is 14.4 Å². The second-order valence-corrected chi connectivity index (χ2v) is 8.23. The van der Waals surface area contributed by atoms with Crippen molar-refractivity contribution in [2.24, 2.45) is 0 Å². The molecule has 1 aromatic heterocycles. The number of carbonyl (C=O) groups is 3. The molecule has 4 rings (SSSR count). The van der Waals surface area contributed by atoms with Crippen molar-refractivity contribution in [1.29, 1.82) is 0 Å². The molecule has 31 heavy (non-hydrogen) atoms. The number of halogens is 2. The molecule has 160 valence electrons. The van der Waals surface area contributed by atoms with Gasteiger partial charge in [-0.2, -0.15) is 0 Å². The Hall–Kier alpha value is -3.03. The van der Waals surface area contributed by atoms with E-state index in [1.165, 1.54) is 11.6 Å². The number of H-pyrrole nitrogens is 1. The molecular formula is C22H19Cl2N3O4. The molecule has 2 heterocycles. The summed E-state index contributed by atoms with van der Waals surface area (Å²) in [7, 11) is 0. The van der Waals surface area contributed by atoms with E-state index in [-0.39, 0.29) is 23.8 Å². The summed E-state index contributed by atoms with van der Waals surface area (Å²) in [6.45, 7) is 1.02. The fraction of sp³-hybridized carbons (Fsp3) is 0.227. The summed E-state index contributed by atoms with van der Waals surface area (Å²) < 4.78 is 0. The molecule has 9 heteroatoms. The molecule has 0 spiro atoms. The van der Waals surface area contributed by atoms with E-state index < -0.39 is 11.9 Å². The molecule has 0 bridgehead atoms. The van der Waals surface area contributed by atoms with E-state index in [1.54, 1.807) is 17.0 Å². The minimum atomic E-state index is -1.05. The number of fused-ring (bicyclic) bond motifs is 3. The average Bonchev–Trinajstić information content (AvgIpc) is 3.10. The van der Waals surface area contributed by atoms with Gasteiger partial charge in [-0.15, -0.1) is 0 Å². The van der Waals surface area contributed by atoms with Gasteiger partial charge in [0.2, 0.25) is 5.91 Å². The fourth-order valence-corrected chi connectivity index (χ4v) is 4.15. The first-order chi connectivity index (χ1) is 14.8. The lowest BCUT2D eigenvalue weighted by atomic mass is 10.0. The highest BCUT2D eigenvalue weighted by Gasteiger charge is 2.25. The quantitative estimate of drug-likeness (QED) is 0.523. The third kappa shape index (κ3) is 4.52. The molecule has 0 aliphatic carbocycles. The number of hydrogen-bond acceptors (Lipinski definition) is 3. The first kappa shape index (κ1) is 21.2. The zero-order valence-electron chi connectivity index (χ0n) is 16.4. The van der Waals surface area contributed by atoms with E-state index in [0.717, 1.165) is 16.6 Å². The maximum atomic E-state index is 13.0. The Bertz CT molecular complexity index is 1200. The Morgan fingerprint density at radius 3 is 2.65 bits per heavy atom. The predicted octanol–water partition coefficient (Wildman–Crippen LogP) is 4.48. The van der Waals surface area contributed by atoms with Gasteiger partial charge in [-0.3, -0.25) is 14.4 Å². The molecule has 3 N–H and O–H groups in total. The summed E-state index contributed by atoms with van der Waals surface area (Å²) in [6, 6.07) is 10.4. The van der Waals surface area contributed by atoms with Crippen LogP contribution in [0.1, 0.15) is 34.5 Å². The van der Waals surface area contributed by atoms with Crippen LogP contribution in [0.3, 0.4) is 0 Å². The van der Waals surface area contributed by atoms with Crippen LogP contribution in [0.2, 0.25) is 10.0 Å². The van der Waals surface area contributed by atoms with Crippen molar-refractivity contribution in [3.05, 3.63) is 63.3 Å². The van der Waals surface area contributed by atoms with Crippen LogP contribution in [-0.4, -0.2) is 39.3 Å². The molecule has 0 saturated carbocycles. The Labute approximate surface area is 187 Å². The van der Waals surface area contributed by atoms with Crippen molar-refractivity contribution in [1.82, 2.24) is 9.88 Å². The van der Waals surface area contributed by atoms with Gasteiger partial charge in [0.1, 0.15) is 0 Å². The fourth-order valence-electron chi connectivity index (χ4n) is 3.75. The van der Waals surface area contributed by atoms with Crippen molar-refractivity contribution in [3.63, 3.8) is 0 Å². The number of carbonyl (C=O) groups excluding carboxylic acids is 2. The lowest BCUT2D eigenvalue weighted by Crippen LogP contribution is -2.35. The number of nitrogens with zero attached hydrogens (tertiary/aromatic N) is 1. The number of amides is 2. The first-order valence-electron chi connectivity index (χ1n) is 9.71. The van der Waals surface area contributed by atoms with E-state index in [1.807, 2.05) is 18.2 Å². The van der Waals surface area contributed by atoms with Gasteiger partial charge in [0.15, 0.2) is 0 Å². The number of aliphatic carboxylic acids is 1. The van der Waals surface area contributed by atoms with E-state index in [0.29, 0.717) is 35.8 Å². The number of aromatic nitrogens is 1. The van der Waals surface area contributed by atoms with E-state index in [4.69, 9.17) is 28.3 Å². The summed E-state index contributed by atoms with van der Waals surface area (Å²) in [5.74, 6) is -1.66. The second kappa shape index (κ2) is 8.61. The maximum absolute atomic E-state index is 13.0. The van der Waals surface area contributed by atoms with Crippen LogP contribution < -0.4 is 5.32 Å². The van der Waals surface area contributed by atoms with Gasteiger partial charge < -0.3 is 20.3 Å². The van der Waals surface area contributed by atoms with Crippen LogP contribution in [0.25, 0.3) is 10.9 Å². The number of carboxylic acids is 1. The molecule has 3 aromatic rings. The van der Waals surface area contributed by atoms with Crippen LogP contribution in [-0.2, 0) is 22.6 Å². The molecule has 0 radical (unpaired) electrons. The predicted molar refractivity (Wildman–Crippen MR) is 119 cm³/mol. The molecule has 0 fully saturated rings. The smallest absolute Gasteiger partial charge is 0.303 e. The third-order valence-electron chi connectivity index (χ3n) is 5.28. The van der Waals surface area contributed by atoms with Crippen molar-refractivity contribution >= 4 is 57.6 Å². The SMILES string of the molecule is O=C(O)CCC(=O)Nc1ccc(C(=O)N2CCc3c([nH]c4ccc(Cl)cc34)C2)cc1Cl. The molecule has 0 unspecified atom stereocenters. The number of carboxylic acid groups (broad SMARTS) is 1. The zero-order valence-corrected chi connectivity index (χ0v) is 17.9. The Morgan fingerprint density at radius 1 is 1.10 bits per heavy atom. The maximum Gasteiger partial charge on any atom is 0.303 e. The van der Waals surface area contributed by atoms with Crippen LogP contribution in [0, 0.1) is 0 Å². The summed E-state index contributed by atoms with van der Waals surface area (Å²) in [6.07, 6.45) is 0.294. The highest BCUT2D eigenvalue weighted by Crippen LogP contribution is 2.31. The Kier molecular flexibility index (Phi) is 5.89. The minimum absolute atomic E-state index is 0.155. The number of benzene rings is 2. The number of nitrogens with one attached hydrogen (secondary N) is 2. The number of hydrogen-bond donors (Lipinski definition) is 3. The number of anilines is 1. The lowest BCUT2D eigenvalue weighted by molar-refractivity contribution is -0.138. The van der Waals surface area contributed by atoms with Crippen LogP contribution in [0.15, 0.2) is 36.4 Å². The summed E-state index contributed by atoms with van der Waals surface area (Å²) in [5.41, 5.74) is 3.91. The summed E-state index contributed by atoms with van der Waals surface area (Å²) in [5, 5.41) is 13.2. The second-order valence-electron chi connectivity index (χ2n) is 7.39. The van der Waals surface area contributed by atoms with Crippen molar-refractivity contribution < 1.29 is 19.5 Å². The molecule has 7 nitrogen and oxygen atoms in total. The highest BCUT2D eigenvalue weighted by molar-refractivity contribution is 6.34. The van der Waals surface area contributed by atoms with Crippen LogP contribution >= 0.6 is 23.2 Å². The molecule has 0 saturated heterocycles. The molecule has 1 aliphatic rings. The monoisotopic (exact) mass is 459 g/mol.